The molecule has 0 amide bonds. The zero-order chi connectivity index (χ0) is 22.3. The Labute approximate surface area is 182 Å². The third kappa shape index (κ3) is 3.59. The Kier molecular flexibility index (Phi) is 4.69. The van der Waals surface area contributed by atoms with Crippen LogP contribution in [0, 0.1) is 0 Å². The van der Waals surface area contributed by atoms with E-state index in [0.29, 0.717) is 27.7 Å². The second kappa shape index (κ2) is 7.56. The van der Waals surface area contributed by atoms with Crippen molar-refractivity contribution in [3.05, 3.63) is 78.9 Å². The highest BCUT2D eigenvalue weighted by Crippen LogP contribution is 2.44. The fourth-order valence-electron chi connectivity index (χ4n) is 3.36. The average molecular weight is 445 g/mol. The Morgan fingerprint density at radius 1 is 0.875 bits per heavy atom. The molecule has 0 aliphatic heterocycles. The van der Waals surface area contributed by atoms with E-state index in [0.717, 1.165) is 5.39 Å². The number of aromatic nitrogens is 1. The molecule has 0 aliphatic carbocycles. The van der Waals surface area contributed by atoms with Crippen LogP contribution in [0.2, 0.25) is 0 Å². The summed E-state index contributed by atoms with van der Waals surface area (Å²) in [4.78, 5) is 4.22. The summed E-state index contributed by atoms with van der Waals surface area (Å²) in [6.45, 7) is 0. The number of rotatable bonds is 4. The van der Waals surface area contributed by atoms with Gasteiger partial charge in [0, 0.05) is 5.39 Å². The van der Waals surface area contributed by atoms with Crippen molar-refractivity contribution in [1.82, 2.24) is 4.98 Å². The second-order valence-corrected chi connectivity index (χ2v) is 8.42. The Morgan fingerprint density at radius 3 is 2.34 bits per heavy atom. The molecule has 0 fully saturated rings. The summed E-state index contributed by atoms with van der Waals surface area (Å²) >= 11 is 0. The number of benzene rings is 4. The molecule has 8 nitrogen and oxygen atoms in total. The van der Waals surface area contributed by atoms with Gasteiger partial charge in [-0.3, -0.25) is 4.55 Å². The lowest BCUT2D eigenvalue weighted by atomic mass is 10.0. The molecule has 0 unspecified atom stereocenters. The maximum atomic E-state index is 11.2. The van der Waals surface area contributed by atoms with E-state index < -0.39 is 10.1 Å². The topological polar surface area (TPSA) is 125 Å². The zero-order valence-corrected chi connectivity index (χ0v) is 17.2. The zero-order valence-electron chi connectivity index (χ0n) is 16.4. The Bertz CT molecular complexity index is 1570. The highest BCUT2D eigenvalue weighted by Gasteiger charge is 2.18. The highest BCUT2D eigenvalue weighted by molar-refractivity contribution is 7.85. The molecular weight excluding hydrogens is 430 g/mol. The molecule has 0 atom stereocenters. The minimum atomic E-state index is -4.30. The molecule has 32 heavy (non-hydrogen) atoms. The van der Waals surface area contributed by atoms with Crippen LogP contribution < -0.4 is 0 Å². The summed E-state index contributed by atoms with van der Waals surface area (Å²) in [6.07, 6.45) is 0. The maximum Gasteiger partial charge on any atom is 0.294 e. The molecule has 5 aromatic rings. The number of azo groups is 1. The number of hydrogen-bond acceptors (Lipinski definition) is 7. The quantitative estimate of drug-likeness (QED) is 0.257. The van der Waals surface area contributed by atoms with Gasteiger partial charge in [0.2, 0.25) is 5.89 Å². The summed E-state index contributed by atoms with van der Waals surface area (Å²) in [5.74, 6) is 0.108. The SMILES string of the molecule is O=S(=O)(O)c1ccc(N=Nc2c(O)c(-c3nc4ccccc4o3)cc3ccccc23)cc1. The number of fused-ring (bicyclic) bond motifs is 2. The van der Waals surface area contributed by atoms with Crippen LogP contribution in [0.25, 0.3) is 33.3 Å². The first kappa shape index (κ1) is 19.9. The normalized spacial score (nSPS) is 12.2. The van der Waals surface area contributed by atoms with Gasteiger partial charge in [-0.1, -0.05) is 36.4 Å². The molecule has 0 saturated carbocycles. The smallest absolute Gasteiger partial charge is 0.294 e. The van der Waals surface area contributed by atoms with E-state index in [4.69, 9.17) is 8.97 Å². The van der Waals surface area contributed by atoms with Crippen LogP contribution >= 0.6 is 0 Å². The average Bonchev–Trinajstić information content (AvgIpc) is 3.22. The van der Waals surface area contributed by atoms with Gasteiger partial charge in [-0.05, 0) is 47.9 Å². The van der Waals surface area contributed by atoms with Crippen molar-refractivity contribution in [2.75, 3.05) is 0 Å². The van der Waals surface area contributed by atoms with Crippen molar-refractivity contribution >= 4 is 43.4 Å². The monoisotopic (exact) mass is 445 g/mol. The van der Waals surface area contributed by atoms with Gasteiger partial charge in [0.25, 0.3) is 10.1 Å². The van der Waals surface area contributed by atoms with E-state index in [-0.39, 0.29) is 22.2 Å². The molecule has 1 aromatic heterocycles. The molecule has 2 N–H and O–H groups in total. The Hall–Kier alpha value is -4.08. The summed E-state index contributed by atoms with van der Waals surface area (Å²) < 4.78 is 37.3. The summed E-state index contributed by atoms with van der Waals surface area (Å²) in [5, 5.41) is 20.9. The standard InChI is InChI=1S/C23H15N3O5S/c27-22-18(23-24-19-7-3-4-8-20(19)31-23)13-14-5-1-2-6-17(14)21(22)26-25-15-9-11-16(12-10-15)32(28,29)30/h1-13,27H,(H,28,29,30). The number of oxazole rings is 1. The van der Waals surface area contributed by atoms with Gasteiger partial charge in [0.05, 0.1) is 16.1 Å². The minimum Gasteiger partial charge on any atom is -0.505 e. The molecule has 1 heterocycles. The van der Waals surface area contributed by atoms with Crippen molar-refractivity contribution in [2.24, 2.45) is 10.2 Å². The number of aromatic hydroxyl groups is 1. The van der Waals surface area contributed by atoms with Crippen molar-refractivity contribution in [3.63, 3.8) is 0 Å². The molecule has 158 valence electrons. The van der Waals surface area contributed by atoms with Gasteiger partial charge in [-0.25, -0.2) is 4.98 Å². The van der Waals surface area contributed by atoms with E-state index in [2.05, 4.69) is 15.2 Å². The molecule has 4 aromatic carbocycles. The molecule has 0 bridgehead atoms. The lowest BCUT2D eigenvalue weighted by Crippen LogP contribution is -1.96. The van der Waals surface area contributed by atoms with Gasteiger partial charge in [0.15, 0.2) is 11.3 Å². The molecule has 0 spiro atoms. The first-order chi connectivity index (χ1) is 15.4. The van der Waals surface area contributed by atoms with Crippen molar-refractivity contribution in [1.29, 1.82) is 0 Å². The van der Waals surface area contributed by atoms with Gasteiger partial charge >= 0.3 is 0 Å². The van der Waals surface area contributed by atoms with Crippen LogP contribution in [0.5, 0.6) is 5.75 Å². The van der Waals surface area contributed by atoms with Gasteiger partial charge in [-0.15, -0.1) is 5.11 Å². The van der Waals surface area contributed by atoms with E-state index in [1.54, 1.807) is 18.2 Å². The van der Waals surface area contributed by atoms with Crippen LogP contribution in [0.4, 0.5) is 11.4 Å². The van der Waals surface area contributed by atoms with Crippen LogP contribution in [0.1, 0.15) is 0 Å². The molecule has 0 aliphatic rings. The highest BCUT2D eigenvalue weighted by atomic mass is 32.2. The van der Waals surface area contributed by atoms with Crippen molar-refractivity contribution in [2.45, 2.75) is 4.90 Å². The van der Waals surface area contributed by atoms with Gasteiger partial charge in [0.1, 0.15) is 11.2 Å². The Balaban J connectivity index is 1.63. The van der Waals surface area contributed by atoms with E-state index in [1.807, 2.05) is 36.4 Å². The minimum absolute atomic E-state index is 0.145. The third-order valence-electron chi connectivity index (χ3n) is 4.92. The van der Waals surface area contributed by atoms with Crippen molar-refractivity contribution in [3.8, 4) is 17.2 Å². The molecule has 0 saturated heterocycles. The lowest BCUT2D eigenvalue weighted by molar-refractivity contribution is 0.475. The number of nitrogens with zero attached hydrogens (tertiary/aromatic N) is 3. The number of phenolic OH excluding ortho intramolecular Hbond substituents is 1. The molecular formula is C23H15N3O5S. The van der Waals surface area contributed by atoms with Crippen LogP contribution in [0.15, 0.2) is 98.4 Å². The van der Waals surface area contributed by atoms with Gasteiger partial charge < -0.3 is 9.52 Å². The summed E-state index contributed by atoms with van der Waals surface area (Å²) in [7, 11) is -4.30. The predicted molar refractivity (Wildman–Crippen MR) is 119 cm³/mol. The maximum absolute atomic E-state index is 11.2. The fourth-order valence-corrected chi connectivity index (χ4v) is 3.84. The first-order valence-electron chi connectivity index (χ1n) is 9.50. The third-order valence-corrected chi connectivity index (χ3v) is 5.79. The fraction of sp³-hybridized carbons (Fsp3) is 0. The summed E-state index contributed by atoms with van der Waals surface area (Å²) in [6, 6.07) is 21.7. The molecule has 9 heteroatoms. The van der Waals surface area contributed by atoms with Crippen LogP contribution in [-0.2, 0) is 10.1 Å². The number of phenols is 1. The predicted octanol–water partition coefficient (Wildman–Crippen LogP) is 6.02. The Morgan fingerprint density at radius 2 is 1.59 bits per heavy atom. The molecule has 5 rings (SSSR count). The van der Waals surface area contributed by atoms with Crippen molar-refractivity contribution < 1.29 is 22.5 Å². The number of hydrogen-bond donors (Lipinski definition) is 2. The van der Waals surface area contributed by atoms with Gasteiger partial charge in [-0.2, -0.15) is 13.5 Å². The first-order valence-corrected chi connectivity index (χ1v) is 10.9. The van der Waals surface area contributed by atoms with Crippen LogP contribution in [-0.4, -0.2) is 23.1 Å². The number of para-hydroxylation sites is 2. The summed E-state index contributed by atoms with van der Waals surface area (Å²) in [5.41, 5.74) is 2.19. The van der Waals surface area contributed by atoms with Crippen LogP contribution in [0.3, 0.4) is 0 Å². The molecule has 0 radical (unpaired) electrons. The van der Waals surface area contributed by atoms with E-state index in [9.17, 15) is 13.5 Å². The van der Waals surface area contributed by atoms with E-state index >= 15 is 0 Å². The second-order valence-electron chi connectivity index (χ2n) is 7.00. The largest absolute Gasteiger partial charge is 0.505 e. The lowest BCUT2D eigenvalue weighted by Gasteiger charge is -2.08. The van der Waals surface area contributed by atoms with E-state index in [1.165, 1.54) is 24.3 Å².